The zero-order valence-corrected chi connectivity index (χ0v) is 15.0. The van der Waals surface area contributed by atoms with Crippen LogP contribution in [0.1, 0.15) is 12.1 Å². The van der Waals surface area contributed by atoms with E-state index in [1.54, 1.807) is 0 Å². The summed E-state index contributed by atoms with van der Waals surface area (Å²) in [6, 6.07) is 9.69. The molecule has 2 N–H and O–H groups in total. The SMILES string of the molecule is Cc1cc2c(NCCCN(C)C)nc(-c3cccc(Cl)c3)nc2[nH]1. The Balaban J connectivity index is 1.93. The normalized spacial score (nSPS) is 11.4. The van der Waals surface area contributed by atoms with Crippen LogP contribution in [0.25, 0.3) is 22.4 Å². The Hall–Kier alpha value is -2.11. The third-order valence-electron chi connectivity index (χ3n) is 3.78. The maximum absolute atomic E-state index is 6.11. The van der Waals surface area contributed by atoms with Crippen molar-refractivity contribution in [2.75, 3.05) is 32.5 Å². The summed E-state index contributed by atoms with van der Waals surface area (Å²) in [5.41, 5.74) is 2.82. The Morgan fingerprint density at radius 2 is 2.04 bits per heavy atom. The van der Waals surface area contributed by atoms with Gasteiger partial charge in [0.15, 0.2) is 5.82 Å². The highest BCUT2D eigenvalue weighted by Crippen LogP contribution is 2.26. The third kappa shape index (κ3) is 3.86. The number of rotatable bonds is 6. The lowest BCUT2D eigenvalue weighted by atomic mass is 10.2. The summed E-state index contributed by atoms with van der Waals surface area (Å²) in [5.74, 6) is 1.53. The van der Waals surface area contributed by atoms with Crippen molar-refractivity contribution < 1.29 is 0 Å². The van der Waals surface area contributed by atoms with Gasteiger partial charge in [0.2, 0.25) is 0 Å². The predicted molar refractivity (Wildman–Crippen MR) is 101 cm³/mol. The minimum Gasteiger partial charge on any atom is -0.369 e. The molecule has 1 aromatic carbocycles. The molecule has 0 unspecified atom stereocenters. The maximum atomic E-state index is 6.11. The second-order valence-electron chi connectivity index (χ2n) is 6.20. The molecule has 0 saturated heterocycles. The van der Waals surface area contributed by atoms with E-state index in [0.717, 1.165) is 47.6 Å². The standard InChI is InChI=1S/C18H22ClN5/c1-12-10-15-17(20-8-5-9-24(2)3)22-16(23-18(15)21-12)13-6-4-7-14(19)11-13/h4,6-7,10-11H,5,8-9H2,1-3H3,(H2,20,21,22,23). The lowest BCUT2D eigenvalue weighted by Gasteiger charge is -2.11. The summed E-state index contributed by atoms with van der Waals surface area (Å²) < 4.78 is 0. The minimum absolute atomic E-state index is 0.668. The van der Waals surface area contributed by atoms with Gasteiger partial charge in [-0.2, -0.15) is 0 Å². The largest absolute Gasteiger partial charge is 0.369 e. The lowest BCUT2D eigenvalue weighted by molar-refractivity contribution is 0.405. The molecule has 0 spiro atoms. The molecule has 0 amide bonds. The lowest BCUT2D eigenvalue weighted by Crippen LogP contribution is -2.16. The average molecular weight is 344 g/mol. The number of nitrogens with one attached hydrogen (secondary N) is 2. The van der Waals surface area contributed by atoms with Crippen molar-refractivity contribution in [3.63, 3.8) is 0 Å². The molecule has 0 aliphatic rings. The van der Waals surface area contributed by atoms with Crippen LogP contribution in [-0.2, 0) is 0 Å². The van der Waals surface area contributed by atoms with Gasteiger partial charge in [-0.05, 0) is 52.2 Å². The van der Waals surface area contributed by atoms with Crippen LogP contribution in [0.3, 0.4) is 0 Å². The first-order valence-corrected chi connectivity index (χ1v) is 8.42. The third-order valence-corrected chi connectivity index (χ3v) is 4.01. The second-order valence-corrected chi connectivity index (χ2v) is 6.64. The van der Waals surface area contributed by atoms with E-state index in [1.807, 2.05) is 31.2 Å². The quantitative estimate of drug-likeness (QED) is 0.665. The molecule has 24 heavy (non-hydrogen) atoms. The van der Waals surface area contributed by atoms with Gasteiger partial charge in [-0.3, -0.25) is 0 Å². The predicted octanol–water partition coefficient (Wildman–Crippen LogP) is 3.95. The molecule has 0 saturated carbocycles. The molecule has 3 rings (SSSR count). The number of anilines is 1. The van der Waals surface area contributed by atoms with Crippen LogP contribution >= 0.6 is 11.6 Å². The summed E-state index contributed by atoms with van der Waals surface area (Å²) in [6.07, 6.45) is 1.05. The van der Waals surface area contributed by atoms with Gasteiger partial charge in [-0.1, -0.05) is 23.7 Å². The zero-order chi connectivity index (χ0) is 17.1. The molecule has 0 radical (unpaired) electrons. The number of halogens is 1. The molecule has 5 nitrogen and oxygen atoms in total. The molecule has 3 aromatic rings. The van der Waals surface area contributed by atoms with Crippen LogP contribution in [0.5, 0.6) is 0 Å². The number of hydrogen-bond donors (Lipinski definition) is 2. The number of benzene rings is 1. The van der Waals surface area contributed by atoms with Crippen LogP contribution in [0.2, 0.25) is 5.02 Å². The Labute approximate surface area is 147 Å². The maximum Gasteiger partial charge on any atom is 0.163 e. The van der Waals surface area contributed by atoms with Crippen molar-refractivity contribution in [2.45, 2.75) is 13.3 Å². The van der Waals surface area contributed by atoms with E-state index in [1.165, 1.54) is 0 Å². The van der Waals surface area contributed by atoms with Crippen molar-refractivity contribution in [1.82, 2.24) is 19.9 Å². The van der Waals surface area contributed by atoms with E-state index in [-0.39, 0.29) is 0 Å². The fraction of sp³-hybridized carbons (Fsp3) is 0.333. The molecule has 0 fully saturated rings. The van der Waals surface area contributed by atoms with E-state index < -0.39 is 0 Å². The zero-order valence-electron chi connectivity index (χ0n) is 14.2. The molecule has 2 heterocycles. The number of H-pyrrole nitrogens is 1. The van der Waals surface area contributed by atoms with Crippen LogP contribution in [0.15, 0.2) is 30.3 Å². The van der Waals surface area contributed by atoms with Crippen molar-refractivity contribution in [3.05, 3.63) is 41.0 Å². The Morgan fingerprint density at radius 3 is 2.79 bits per heavy atom. The van der Waals surface area contributed by atoms with Crippen molar-refractivity contribution in [3.8, 4) is 11.4 Å². The summed E-state index contributed by atoms with van der Waals surface area (Å²) in [7, 11) is 4.16. The second kappa shape index (κ2) is 7.20. The Kier molecular flexibility index (Phi) is 5.02. The highest BCUT2D eigenvalue weighted by atomic mass is 35.5. The van der Waals surface area contributed by atoms with Gasteiger partial charge >= 0.3 is 0 Å². The number of nitrogens with zero attached hydrogens (tertiary/aromatic N) is 3. The molecule has 126 valence electrons. The molecular formula is C18H22ClN5. The Morgan fingerprint density at radius 1 is 1.21 bits per heavy atom. The molecule has 6 heteroatoms. The summed E-state index contributed by atoms with van der Waals surface area (Å²) >= 11 is 6.11. The molecule has 0 aliphatic heterocycles. The molecular weight excluding hydrogens is 322 g/mol. The number of fused-ring (bicyclic) bond motifs is 1. The van der Waals surface area contributed by atoms with Gasteiger partial charge in [0, 0.05) is 22.8 Å². The molecule has 0 bridgehead atoms. The van der Waals surface area contributed by atoms with E-state index in [4.69, 9.17) is 16.6 Å². The van der Waals surface area contributed by atoms with E-state index >= 15 is 0 Å². The number of hydrogen-bond acceptors (Lipinski definition) is 4. The number of aromatic amines is 1. The van der Waals surface area contributed by atoms with E-state index in [0.29, 0.717) is 10.8 Å². The molecule has 2 aromatic heterocycles. The van der Waals surface area contributed by atoms with E-state index in [2.05, 4.69) is 40.3 Å². The van der Waals surface area contributed by atoms with Gasteiger partial charge in [0.1, 0.15) is 11.5 Å². The topological polar surface area (TPSA) is 56.8 Å². The first kappa shape index (κ1) is 16.7. The highest BCUT2D eigenvalue weighted by Gasteiger charge is 2.11. The average Bonchev–Trinajstić information content (AvgIpc) is 2.91. The molecule has 0 atom stereocenters. The minimum atomic E-state index is 0.668. The molecule has 0 aliphatic carbocycles. The highest BCUT2D eigenvalue weighted by molar-refractivity contribution is 6.30. The van der Waals surface area contributed by atoms with Crippen molar-refractivity contribution >= 4 is 28.5 Å². The van der Waals surface area contributed by atoms with Crippen molar-refractivity contribution in [1.29, 1.82) is 0 Å². The summed E-state index contributed by atoms with van der Waals surface area (Å²) in [6.45, 7) is 3.93. The van der Waals surface area contributed by atoms with Gasteiger partial charge < -0.3 is 15.2 Å². The first-order chi connectivity index (χ1) is 11.5. The van der Waals surface area contributed by atoms with Crippen LogP contribution in [0, 0.1) is 6.92 Å². The van der Waals surface area contributed by atoms with Gasteiger partial charge in [0.05, 0.1) is 5.39 Å². The first-order valence-electron chi connectivity index (χ1n) is 8.05. The monoisotopic (exact) mass is 343 g/mol. The fourth-order valence-electron chi connectivity index (χ4n) is 2.63. The van der Waals surface area contributed by atoms with Crippen LogP contribution < -0.4 is 5.32 Å². The summed E-state index contributed by atoms with van der Waals surface area (Å²) in [5, 5.41) is 5.15. The Bertz CT molecular complexity index is 841. The number of aromatic nitrogens is 3. The van der Waals surface area contributed by atoms with Gasteiger partial charge in [0.25, 0.3) is 0 Å². The van der Waals surface area contributed by atoms with Gasteiger partial charge in [-0.15, -0.1) is 0 Å². The van der Waals surface area contributed by atoms with E-state index in [9.17, 15) is 0 Å². The number of aryl methyl sites for hydroxylation is 1. The smallest absolute Gasteiger partial charge is 0.163 e. The van der Waals surface area contributed by atoms with Crippen molar-refractivity contribution in [2.24, 2.45) is 0 Å². The van der Waals surface area contributed by atoms with Crippen LogP contribution in [-0.4, -0.2) is 47.0 Å². The van der Waals surface area contributed by atoms with Gasteiger partial charge in [-0.25, -0.2) is 9.97 Å². The summed E-state index contributed by atoms with van der Waals surface area (Å²) in [4.78, 5) is 14.9. The van der Waals surface area contributed by atoms with Crippen LogP contribution in [0.4, 0.5) is 5.82 Å². The fourth-order valence-corrected chi connectivity index (χ4v) is 2.82.